The maximum Gasteiger partial charge on any atom is 0.344 e. The number of nitrogens with zero attached hydrogens (tertiary/aromatic N) is 2. The van der Waals surface area contributed by atoms with Crippen molar-refractivity contribution < 1.29 is 28.2 Å². The Kier molecular flexibility index (Phi) is 6.04. The molecule has 4 rings (SSSR count). The Bertz CT molecular complexity index is 1190. The van der Waals surface area contributed by atoms with Crippen molar-refractivity contribution in [3.8, 4) is 17.2 Å². The van der Waals surface area contributed by atoms with Crippen molar-refractivity contribution in [2.75, 3.05) is 18.5 Å². The van der Waals surface area contributed by atoms with Crippen LogP contribution in [0.25, 0.3) is 5.69 Å². The van der Waals surface area contributed by atoms with E-state index >= 15 is 0 Å². The van der Waals surface area contributed by atoms with Crippen LogP contribution in [0.15, 0.2) is 48.5 Å². The van der Waals surface area contributed by atoms with Crippen molar-refractivity contribution in [3.05, 3.63) is 65.6 Å². The molecule has 0 fully saturated rings. The van der Waals surface area contributed by atoms with E-state index in [1.807, 2.05) is 26.0 Å². The van der Waals surface area contributed by atoms with Crippen LogP contribution >= 0.6 is 0 Å². The number of esters is 1. The van der Waals surface area contributed by atoms with Gasteiger partial charge in [0, 0.05) is 18.1 Å². The summed E-state index contributed by atoms with van der Waals surface area (Å²) < 4.78 is 31.2. The third-order valence-corrected chi connectivity index (χ3v) is 4.93. The van der Waals surface area contributed by atoms with E-state index in [9.17, 15) is 14.0 Å². The zero-order chi connectivity index (χ0) is 23.6. The maximum absolute atomic E-state index is 13.2. The fourth-order valence-corrected chi connectivity index (χ4v) is 3.57. The average molecular weight is 453 g/mol. The summed E-state index contributed by atoms with van der Waals surface area (Å²) in [6.07, 6.45) is 0.748. The van der Waals surface area contributed by atoms with Gasteiger partial charge in [-0.1, -0.05) is 12.1 Å². The number of amides is 1. The molecule has 0 atom stereocenters. The number of halogens is 1. The first kappa shape index (κ1) is 22.3. The molecule has 1 amide bonds. The molecule has 1 N–H and O–H groups in total. The Balaban J connectivity index is 1.30. The predicted octanol–water partition coefficient (Wildman–Crippen LogP) is 3.59. The van der Waals surface area contributed by atoms with Gasteiger partial charge in [0.15, 0.2) is 24.7 Å². The van der Waals surface area contributed by atoms with E-state index in [-0.39, 0.29) is 18.0 Å². The number of anilines is 1. The average Bonchev–Trinajstić information content (AvgIpc) is 3.28. The molecule has 9 heteroatoms. The van der Waals surface area contributed by atoms with Gasteiger partial charge in [0.2, 0.25) is 0 Å². The van der Waals surface area contributed by atoms with Gasteiger partial charge in [-0.25, -0.2) is 13.9 Å². The molecule has 1 aromatic heterocycles. The molecule has 0 unspecified atom stereocenters. The first-order valence-corrected chi connectivity index (χ1v) is 10.4. The van der Waals surface area contributed by atoms with Crippen molar-refractivity contribution >= 4 is 17.7 Å². The second kappa shape index (κ2) is 8.93. The summed E-state index contributed by atoms with van der Waals surface area (Å²) >= 11 is 0. The van der Waals surface area contributed by atoms with Crippen LogP contribution in [0.5, 0.6) is 11.5 Å². The molecule has 0 radical (unpaired) electrons. The largest absolute Gasteiger partial charge is 0.483 e. The van der Waals surface area contributed by atoms with Crippen molar-refractivity contribution in [3.63, 3.8) is 0 Å². The van der Waals surface area contributed by atoms with Crippen LogP contribution < -0.4 is 14.8 Å². The van der Waals surface area contributed by atoms with Gasteiger partial charge >= 0.3 is 5.97 Å². The van der Waals surface area contributed by atoms with E-state index in [1.165, 1.54) is 16.8 Å². The Labute approximate surface area is 190 Å². The van der Waals surface area contributed by atoms with Crippen LogP contribution in [-0.4, -0.2) is 40.5 Å². The molecule has 0 saturated carbocycles. The fourth-order valence-electron chi connectivity index (χ4n) is 3.57. The van der Waals surface area contributed by atoms with E-state index in [0.717, 1.165) is 12.0 Å². The maximum atomic E-state index is 13.2. The summed E-state index contributed by atoms with van der Waals surface area (Å²) in [5.74, 6) is -0.162. The smallest absolute Gasteiger partial charge is 0.344 e. The van der Waals surface area contributed by atoms with Gasteiger partial charge in [-0.3, -0.25) is 4.79 Å². The molecule has 0 bridgehead atoms. The SMILES string of the molecule is Cc1cc(NC(=O)COC(=O)COc2cccc3c2OC(C)(C)C3)n(-c2ccc(F)cc2)n1. The number of fused-ring (bicyclic) bond motifs is 1. The topological polar surface area (TPSA) is 91.7 Å². The molecule has 0 aliphatic carbocycles. The zero-order valence-electron chi connectivity index (χ0n) is 18.6. The number of nitrogens with one attached hydrogen (secondary N) is 1. The number of carbonyl (C=O) groups excluding carboxylic acids is 2. The molecule has 0 saturated heterocycles. The van der Waals surface area contributed by atoms with E-state index in [0.29, 0.717) is 28.7 Å². The van der Waals surface area contributed by atoms with Crippen molar-refractivity contribution in [2.45, 2.75) is 32.8 Å². The third kappa shape index (κ3) is 5.31. The number of aryl methyl sites for hydroxylation is 1. The molecule has 3 aromatic rings. The second-order valence-corrected chi connectivity index (χ2v) is 8.34. The number of para-hydroxylation sites is 1. The van der Waals surface area contributed by atoms with Crippen LogP contribution in [0, 0.1) is 12.7 Å². The number of hydrogen-bond acceptors (Lipinski definition) is 6. The van der Waals surface area contributed by atoms with Crippen LogP contribution in [0.2, 0.25) is 0 Å². The summed E-state index contributed by atoms with van der Waals surface area (Å²) in [6, 6.07) is 12.9. The Hall–Kier alpha value is -3.88. The summed E-state index contributed by atoms with van der Waals surface area (Å²) in [6.45, 7) is 4.87. The first-order chi connectivity index (χ1) is 15.7. The number of carbonyl (C=O) groups is 2. The molecule has 2 heterocycles. The second-order valence-electron chi connectivity index (χ2n) is 8.34. The number of rotatable bonds is 7. The van der Waals surface area contributed by atoms with E-state index in [4.69, 9.17) is 14.2 Å². The summed E-state index contributed by atoms with van der Waals surface area (Å²) in [4.78, 5) is 24.4. The molecular weight excluding hydrogens is 429 g/mol. The highest BCUT2D eigenvalue weighted by atomic mass is 19.1. The van der Waals surface area contributed by atoms with Gasteiger partial charge in [0.1, 0.15) is 17.2 Å². The lowest BCUT2D eigenvalue weighted by Gasteiger charge is -2.18. The van der Waals surface area contributed by atoms with Crippen LogP contribution in [0.3, 0.4) is 0 Å². The Morgan fingerprint density at radius 1 is 1.18 bits per heavy atom. The standard InChI is InChI=1S/C24H24FN3O5/c1-15-11-20(28(27-15)18-9-7-17(25)8-10-18)26-21(29)13-32-22(30)14-31-19-6-4-5-16-12-24(2,3)33-23(16)19/h4-11H,12-14H2,1-3H3,(H,26,29). The van der Waals surface area contributed by atoms with Crippen LogP contribution in [0.1, 0.15) is 25.1 Å². The van der Waals surface area contributed by atoms with Crippen molar-refractivity contribution in [1.29, 1.82) is 0 Å². The van der Waals surface area contributed by atoms with Crippen molar-refractivity contribution in [1.82, 2.24) is 9.78 Å². The Morgan fingerprint density at radius 3 is 2.70 bits per heavy atom. The molecule has 8 nitrogen and oxygen atoms in total. The molecule has 1 aliphatic rings. The summed E-state index contributed by atoms with van der Waals surface area (Å²) in [7, 11) is 0. The third-order valence-electron chi connectivity index (χ3n) is 4.93. The highest BCUT2D eigenvalue weighted by molar-refractivity contribution is 5.92. The highest BCUT2D eigenvalue weighted by Crippen LogP contribution is 2.41. The molecule has 1 aliphatic heterocycles. The van der Waals surface area contributed by atoms with Gasteiger partial charge in [-0.15, -0.1) is 0 Å². The number of hydrogen-bond donors (Lipinski definition) is 1. The number of ether oxygens (including phenoxy) is 3. The quantitative estimate of drug-likeness (QED) is 0.550. The minimum atomic E-state index is -0.691. The van der Waals surface area contributed by atoms with Gasteiger partial charge in [-0.2, -0.15) is 5.10 Å². The van der Waals surface area contributed by atoms with Crippen LogP contribution in [0.4, 0.5) is 10.2 Å². The van der Waals surface area contributed by atoms with Gasteiger partial charge in [0.25, 0.3) is 5.91 Å². The molecular formula is C24H24FN3O5. The van der Waals surface area contributed by atoms with E-state index in [2.05, 4.69) is 10.4 Å². The molecule has 172 valence electrons. The molecule has 0 spiro atoms. The summed E-state index contributed by atoms with van der Waals surface area (Å²) in [5, 5.41) is 6.95. The number of aromatic nitrogens is 2. The predicted molar refractivity (Wildman–Crippen MR) is 118 cm³/mol. The van der Waals surface area contributed by atoms with E-state index < -0.39 is 18.5 Å². The number of benzene rings is 2. The minimum Gasteiger partial charge on any atom is -0.483 e. The fraction of sp³-hybridized carbons (Fsp3) is 0.292. The monoisotopic (exact) mass is 453 g/mol. The normalized spacial score (nSPS) is 13.7. The Morgan fingerprint density at radius 2 is 1.94 bits per heavy atom. The lowest BCUT2D eigenvalue weighted by molar-refractivity contribution is -0.149. The van der Waals surface area contributed by atoms with Crippen LogP contribution in [-0.2, 0) is 20.7 Å². The lowest BCUT2D eigenvalue weighted by atomic mass is 10.0. The highest BCUT2D eigenvalue weighted by Gasteiger charge is 2.32. The first-order valence-electron chi connectivity index (χ1n) is 10.4. The minimum absolute atomic E-state index is 0.334. The molecule has 2 aromatic carbocycles. The van der Waals surface area contributed by atoms with Crippen molar-refractivity contribution in [2.24, 2.45) is 0 Å². The zero-order valence-corrected chi connectivity index (χ0v) is 18.6. The van der Waals surface area contributed by atoms with Gasteiger partial charge < -0.3 is 19.5 Å². The summed E-state index contributed by atoms with van der Waals surface area (Å²) in [5.41, 5.74) is 1.91. The molecule has 33 heavy (non-hydrogen) atoms. The lowest BCUT2D eigenvalue weighted by Crippen LogP contribution is -2.25. The van der Waals surface area contributed by atoms with Gasteiger partial charge in [-0.05, 0) is 51.1 Å². The van der Waals surface area contributed by atoms with Gasteiger partial charge in [0.05, 0.1) is 11.4 Å². The van der Waals surface area contributed by atoms with E-state index in [1.54, 1.807) is 31.2 Å².